The Morgan fingerprint density at radius 2 is 2.00 bits per heavy atom. The predicted octanol–water partition coefficient (Wildman–Crippen LogP) is 5.52. The third kappa shape index (κ3) is 3.62. The van der Waals surface area contributed by atoms with E-state index in [1.807, 2.05) is 0 Å². The highest BCUT2D eigenvalue weighted by atomic mass is 14.7. The molecule has 0 aliphatic heterocycles. The van der Waals surface area contributed by atoms with Crippen LogP contribution in [-0.4, -0.2) is 4.98 Å². The van der Waals surface area contributed by atoms with Gasteiger partial charge in [-0.15, -0.1) is 0 Å². The fourth-order valence-electron chi connectivity index (χ4n) is 2.73. The second-order valence-electron chi connectivity index (χ2n) is 5.96. The van der Waals surface area contributed by atoms with Gasteiger partial charge in [-0.05, 0) is 48.6 Å². The number of aromatic nitrogens is 1. The molecule has 0 amide bonds. The minimum Gasteiger partial charge on any atom is -0.358 e. The summed E-state index contributed by atoms with van der Waals surface area (Å²) in [7, 11) is 0. The quantitative estimate of drug-likeness (QED) is 0.628. The van der Waals surface area contributed by atoms with E-state index in [4.69, 9.17) is 0 Å². The summed E-state index contributed by atoms with van der Waals surface area (Å²) in [6.45, 7) is 6.96. The zero-order valence-corrected chi connectivity index (χ0v) is 12.5. The lowest BCUT2D eigenvalue weighted by atomic mass is 9.78. The molecule has 1 nitrogen and oxygen atoms in total. The number of fused-ring (bicyclic) bond motifs is 1. The topological polar surface area (TPSA) is 15.8 Å². The first-order valence-corrected chi connectivity index (χ1v) is 7.55. The Bertz CT molecular complexity index is 478. The molecule has 0 bridgehead atoms. The zero-order chi connectivity index (χ0) is 13.7. The van der Waals surface area contributed by atoms with Gasteiger partial charge in [-0.3, -0.25) is 0 Å². The molecule has 1 radical (unpaired) electrons. The average molecular weight is 256 g/mol. The Kier molecular flexibility index (Phi) is 4.68. The number of nitrogens with one attached hydrogen (secondary N) is 1. The largest absolute Gasteiger partial charge is 0.358 e. The monoisotopic (exact) mass is 256 g/mol. The lowest BCUT2D eigenvalue weighted by Gasteiger charge is -2.27. The second-order valence-corrected chi connectivity index (χ2v) is 5.96. The number of hydrogen-bond donors (Lipinski definition) is 1. The Morgan fingerprint density at radius 3 is 2.68 bits per heavy atom. The number of benzene rings is 1. The van der Waals surface area contributed by atoms with E-state index in [2.05, 4.69) is 62.5 Å². The normalized spacial score (nSPS) is 14.7. The zero-order valence-electron chi connectivity index (χ0n) is 12.5. The molecule has 0 fully saturated rings. The highest BCUT2D eigenvalue weighted by Gasteiger charge is 2.22. The molecule has 0 saturated heterocycles. The van der Waals surface area contributed by atoms with Crippen LogP contribution in [0, 0.1) is 11.8 Å². The van der Waals surface area contributed by atoms with Gasteiger partial charge in [-0.25, -0.2) is 0 Å². The highest BCUT2D eigenvalue weighted by Crippen LogP contribution is 2.33. The fourth-order valence-corrected chi connectivity index (χ4v) is 2.73. The molecule has 2 rings (SSSR count). The van der Waals surface area contributed by atoms with Crippen molar-refractivity contribution < 1.29 is 0 Å². The van der Waals surface area contributed by atoms with Crippen LogP contribution in [0.15, 0.2) is 30.3 Å². The van der Waals surface area contributed by atoms with Gasteiger partial charge in [0, 0.05) is 11.2 Å². The molecule has 1 N–H and O–H groups in total. The fraction of sp³-hybridized carbons (Fsp3) is 0.500. The lowest BCUT2D eigenvalue weighted by Crippen LogP contribution is -2.18. The number of para-hydroxylation sites is 1. The van der Waals surface area contributed by atoms with Gasteiger partial charge in [0.25, 0.3) is 0 Å². The van der Waals surface area contributed by atoms with Crippen LogP contribution in [0.25, 0.3) is 10.9 Å². The summed E-state index contributed by atoms with van der Waals surface area (Å²) in [5, 5.41) is 1.33. The van der Waals surface area contributed by atoms with Gasteiger partial charge in [0.1, 0.15) is 0 Å². The van der Waals surface area contributed by atoms with Gasteiger partial charge in [-0.2, -0.15) is 0 Å². The lowest BCUT2D eigenvalue weighted by molar-refractivity contribution is 0.278. The number of unbranched alkanes of at least 4 members (excludes halogenated alkanes) is 2. The average Bonchev–Trinajstić information content (AvgIpc) is 2.81. The van der Waals surface area contributed by atoms with E-state index in [1.165, 1.54) is 42.3 Å². The molecule has 1 unspecified atom stereocenters. The smallest absolute Gasteiger partial charge is 0.0456 e. The van der Waals surface area contributed by atoms with Crippen molar-refractivity contribution in [3.63, 3.8) is 0 Å². The molecular weight excluding hydrogens is 230 g/mol. The van der Waals surface area contributed by atoms with Crippen LogP contribution >= 0.6 is 0 Å². The summed E-state index contributed by atoms with van der Waals surface area (Å²) in [4.78, 5) is 3.57. The molecule has 1 heterocycles. The molecule has 1 heteroatoms. The molecule has 0 saturated carbocycles. The van der Waals surface area contributed by atoms with E-state index in [9.17, 15) is 0 Å². The van der Waals surface area contributed by atoms with Gasteiger partial charge in [0.15, 0.2) is 0 Å². The summed E-state index contributed by atoms with van der Waals surface area (Å²) < 4.78 is 0. The van der Waals surface area contributed by atoms with Crippen molar-refractivity contribution in [3.05, 3.63) is 42.4 Å². The molecule has 1 aromatic heterocycles. The number of hydrogen-bond acceptors (Lipinski definition) is 0. The van der Waals surface area contributed by atoms with Crippen LogP contribution in [-0.2, 0) is 6.42 Å². The summed E-state index contributed by atoms with van der Waals surface area (Å²) >= 11 is 0. The van der Waals surface area contributed by atoms with E-state index >= 15 is 0 Å². The molecule has 0 aliphatic rings. The maximum Gasteiger partial charge on any atom is 0.0456 e. The molecule has 0 spiro atoms. The van der Waals surface area contributed by atoms with Gasteiger partial charge in [0.2, 0.25) is 0 Å². The Balaban J connectivity index is 2.08. The first-order chi connectivity index (χ1) is 9.17. The van der Waals surface area contributed by atoms with Crippen LogP contribution in [0.2, 0.25) is 0 Å². The van der Waals surface area contributed by atoms with Crippen LogP contribution in [0.5, 0.6) is 0 Å². The Morgan fingerprint density at radius 1 is 1.21 bits per heavy atom. The first kappa shape index (κ1) is 14.2. The summed E-state index contributed by atoms with van der Waals surface area (Å²) in [6, 6.07) is 10.9. The van der Waals surface area contributed by atoms with Crippen LogP contribution in [0.1, 0.15) is 52.1 Å². The molecule has 19 heavy (non-hydrogen) atoms. The number of H-pyrrole nitrogens is 1. The Labute approximate surface area is 117 Å². The van der Waals surface area contributed by atoms with E-state index in [1.54, 1.807) is 0 Å². The van der Waals surface area contributed by atoms with Gasteiger partial charge in [-0.1, -0.05) is 51.8 Å². The van der Waals surface area contributed by atoms with Crippen molar-refractivity contribution in [1.29, 1.82) is 0 Å². The molecule has 1 aromatic carbocycles. The number of rotatable bonds is 7. The third-order valence-corrected chi connectivity index (χ3v) is 4.30. The molecule has 1 atom stereocenters. The SMILES string of the molecule is CC[CH]CCC(C)(CC)Cc1cc2ccccc2[nH]1. The molecule has 2 aromatic rings. The standard InChI is InChI=1S/C18H26N/c1-4-6-9-12-18(3,5-2)14-16-13-15-10-7-8-11-17(15)19-16/h6-8,10-11,13,19H,4-5,9,12,14H2,1-3H3. The van der Waals surface area contributed by atoms with Crippen LogP contribution in [0.4, 0.5) is 0 Å². The van der Waals surface area contributed by atoms with Crippen molar-refractivity contribution >= 4 is 10.9 Å². The maximum absolute atomic E-state index is 3.57. The highest BCUT2D eigenvalue weighted by molar-refractivity contribution is 5.80. The van der Waals surface area contributed by atoms with E-state index in [-0.39, 0.29) is 0 Å². The summed E-state index contributed by atoms with van der Waals surface area (Å²) in [5.74, 6) is 0. The first-order valence-electron chi connectivity index (χ1n) is 7.55. The van der Waals surface area contributed by atoms with Crippen molar-refractivity contribution in [2.75, 3.05) is 0 Å². The van der Waals surface area contributed by atoms with Crippen molar-refractivity contribution in [2.24, 2.45) is 5.41 Å². The minimum atomic E-state index is 0.409. The predicted molar refractivity (Wildman–Crippen MR) is 84.2 cm³/mol. The second kappa shape index (κ2) is 6.27. The summed E-state index contributed by atoms with van der Waals surface area (Å²) in [5.41, 5.74) is 3.05. The molecule has 0 aliphatic carbocycles. The summed E-state index contributed by atoms with van der Waals surface area (Å²) in [6.07, 6.45) is 8.49. The Hall–Kier alpha value is -1.24. The van der Waals surface area contributed by atoms with Gasteiger partial charge < -0.3 is 4.98 Å². The van der Waals surface area contributed by atoms with Crippen molar-refractivity contribution in [1.82, 2.24) is 4.98 Å². The van der Waals surface area contributed by atoms with E-state index < -0.39 is 0 Å². The molecule has 103 valence electrons. The third-order valence-electron chi connectivity index (χ3n) is 4.30. The van der Waals surface area contributed by atoms with Crippen LogP contribution in [0.3, 0.4) is 0 Å². The van der Waals surface area contributed by atoms with Crippen molar-refractivity contribution in [3.8, 4) is 0 Å². The van der Waals surface area contributed by atoms with E-state index in [0.29, 0.717) is 5.41 Å². The van der Waals surface area contributed by atoms with Crippen molar-refractivity contribution in [2.45, 2.75) is 52.9 Å². The van der Waals surface area contributed by atoms with Gasteiger partial charge in [0.05, 0.1) is 0 Å². The number of aromatic amines is 1. The molecular formula is C18H26N. The van der Waals surface area contributed by atoms with Gasteiger partial charge >= 0.3 is 0 Å². The van der Waals surface area contributed by atoms with Crippen LogP contribution < -0.4 is 0 Å². The maximum atomic E-state index is 3.57. The minimum absolute atomic E-state index is 0.409. The van der Waals surface area contributed by atoms with E-state index in [0.717, 1.165) is 6.42 Å².